The molecule has 0 radical (unpaired) electrons. The lowest BCUT2D eigenvalue weighted by atomic mass is 10.1. The highest BCUT2D eigenvalue weighted by molar-refractivity contribution is 7.09. The van der Waals surface area contributed by atoms with E-state index in [2.05, 4.69) is 24.1 Å². The third-order valence-electron chi connectivity index (χ3n) is 4.29. The van der Waals surface area contributed by atoms with E-state index in [1.807, 2.05) is 61.7 Å². The lowest BCUT2D eigenvalue weighted by Gasteiger charge is -2.24. The first-order chi connectivity index (χ1) is 13.4. The molecule has 1 N–H and O–H groups in total. The summed E-state index contributed by atoms with van der Waals surface area (Å²) in [7, 11) is 0. The van der Waals surface area contributed by atoms with Crippen LogP contribution < -0.4 is 5.32 Å². The second-order valence-electron chi connectivity index (χ2n) is 7.38. The van der Waals surface area contributed by atoms with Gasteiger partial charge in [0.1, 0.15) is 6.29 Å². The molecule has 0 aliphatic carbocycles. The third kappa shape index (κ3) is 6.60. The quantitative estimate of drug-likeness (QED) is 0.621. The highest BCUT2D eigenvalue weighted by Crippen LogP contribution is 2.20. The number of nitrogens with zero attached hydrogens (tertiary/aromatic N) is 2. The lowest BCUT2D eigenvalue weighted by Crippen LogP contribution is -2.47. The monoisotopic (exact) mass is 399 g/mol. The number of carbonyl (C=O) groups is 2. The van der Waals surface area contributed by atoms with Gasteiger partial charge in [0.25, 0.3) is 0 Å². The number of thiazole rings is 1. The lowest BCUT2D eigenvalue weighted by molar-refractivity contribution is -0.110. The molecule has 1 aromatic heterocycles. The molecule has 28 heavy (non-hydrogen) atoms. The molecular weight excluding hydrogens is 370 g/mol. The van der Waals surface area contributed by atoms with Crippen LogP contribution in [0.15, 0.2) is 41.8 Å². The molecule has 1 heterocycles. The molecule has 0 spiro atoms. The van der Waals surface area contributed by atoms with E-state index in [9.17, 15) is 9.59 Å². The predicted molar refractivity (Wildman–Crippen MR) is 115 cm³/mol. The standard InChI is InChI=1S/C22H29N3O2S/c1-16(2)20(14-26)24-22(27)25(12-8-11-18-9-6-5-7-10-18)13-19-15-28-21(23-19)17(3)4/h5-11,14-17,20H,12-13H2,1-4H3,(H,24,27)/b11-8+/t20-/m1/s1. The third-order valence-corrected chi connectivity index (χ3v) is 5.49. The van der Waals surface area contributed by atoms with Gasteiger partial charge in [-0.3, -0.25) is 0 Å². The van der Waals surface area contributed by atoms with E-state index in [-0.39, 0.29) is 11.9 Å². The molecule has 5 nitrogen and oxygen atoms in total. The van der Waals surface area contributed by atoms with E-state index in [4.69, 9.17) is 0 Å². The number of nitrogens with one attached hydrogen (secondary N) is 1. The van der Waals surface area contributed by atoms with Crippen molar-refractivity contribution in [3.05, 3.63) is 58.1 Å². The Morgan fingerprint density at radius 2 is 1.93 bits per heavy atom. The second kappa shape index (κ2) is 10.8. The molecule has 150 valence electrons. The van der Waals surface area contributed by atoms with Gasteiger partial charge < -0.3 is 15.0 Å². The fourth-order valence-corrected chi connectivity index (χ4v) is 3.37. The van der Waals surface area contributed by atoms with E-state index in [0.29, 0.717) is 19.0 Å². The molecule has 1 aromatic carbocycles. The van der Waals surface area contributed by atoms with Crippen molar-refractivity contribution in [3.8, 4) is 0 Å². The highest BCUT2D eigenvalue weighted by atomic mass is 32.1. The van der Waals surface area contributed by atoms with Crippen LogP contribution in [0.25, 0.3) is 6.08 Å². The SMILES string of the molecule is CC(C)c1nc(CN(C/C=C/c2ccccc2)C(=O)N[C@H](C=O)C(C)C)cs1. The topological polar surface area (TPSA) is 62.3 Å². The fraction of sp³-hybridized carbons (Fsp3) is 0.409. The van der Waals surface area contributed by atoms with E-state index in [1.54, 1.807) is 16.2 Å². The first kappa shape index (κ1) is 21.8. The largest absolute Gasteiger partial charge is 0.328 e. The first-order valence-corrected chi connectivity index (χ1v) is 10.4. The number of aldehydes is 1. The van der Waals surface area contributed by atoms with Gasteiger partial charge in [-0.05, 0) is 11.5 Å². The predicted octanol–water partition coefficient (Wildman–Crippen LogP) is 4.72. The molecular formula is C22H29N3O2S. The van der Waals surface area contributed by atoms with Crippen LogP contribution >= 0.6 is 11.3 Å². The van der Waals surface area contributed by atoms with Crippen molar-refractivity contribution < 1.29 is 9.59 Å². The summed E-state index contributed by atoms with van der Waals surface area (Å²) >= 11 is 1.61. The van der Waals surface area contributed by atoms with Crippen molar-refractivity contribution >= 4 is 29.7 Å². The van der Waals surface area contributed by atoms with Gasteiger partial charge in [0.2, 0.25) is 0 Å². The second-order valence-corrected chi connectivity index (χ2v) is 8.27. The number of rotatable bonds is 9. The van der Waals surface area contributed by atoms with Crippen LogP contribution in [0, 0.1) is 5.92 Å². The van der Waals surface area contributed by atoms with E-state index in [1.165, 1.54) is 0 Å². The van der Waals surface area contributed by atoms with Crippen LogP contribution in [-0.4, -0.2) is 34.8 Å². The van der Waals surface area contributed by atoms with Crippen LogP contribution in [0.5, 0.6) is 0 Å². The van der Waals surface area contributed by atoms with Crippen molar-refractivity contribution in [3.63, 3.8) is 0 Å². The van der Waals surface area contributed by atoms with Crippen LogP contribution in [0.2, 0.25) is 0 Å². The molecule has 0 aliphatic rings. The molecule has 1 atom stereocenters. The Labute approximate surface area is 171 Å². The number of carbonyl (C=O) groups excluding carboxylic acids is 2. The Hall–Kier alpha value is -2.47. The van der Waals surface area contributed by atoms with E-state index < -0.39 is 6.04 Å². The zero-order chi connectivity index (χ0) is 20.5. The summed E-state index contributed by atoms with van der Waals surface area (Å²) in [6.07, 6.45) is 4.73. The summed E-state index contributed by atoms with van der Waals surface area (Å²) in [4.78, 5) is 30.4. The summed E-state index contributed by atoms with van der Waals surface area (Å²) in [5.74, 6) is 0.398. The molecule has 2 amide bonds. The molecule has 0 aliphatic heterocycles. The Kier molecular flexibility index (Phi) is 8.39. The number of hydrogen-bond acceptors (Lipinski definition) is 4. The Bertz CT molecular complexity index is 784. The van der Waals surface area contributed by atoms with Crippen molar-refractivity contribution in [2.75, 3.05) is 6.54 Å². The van der Waals surface area contributed by atoms with Gasteiger partial charge in [0.05, 0.1) is 23.3 Å². The molecule has 0 fully saturated rings. The summed E-state index contributed by atoms with van der Waals surface area (Å²) in [5, 5.41) is 5.88. The summed E-state index contributed by atoms with van der Waals surface area (Å²) in [5.41, 5.74) is 1.94. The number of aromatic nitrogens is 1. The highest BCUT2D eigenvalue weighted by Gasteiger charge is 2.20. The minimum absolute atomic E-state index is 0.0370. The zero-order valence-electron chi connectivity index (χ0n) is 17.0. The molecule has 0 saturated heterocycles. The molecule has 2 rings (SSSR count). The Morgan fingerprint density at radius 1 is 1.21 bits per heavy atom. The van der Waals surface area contributed by atoms with E-state index >= 15 is 0 Å². The average Bonchev–Trinajstić information content (AvgIpc) is 3.14. The summed E-state index contributed by atoms with van der Waals surface area (Å²) < 4.78 is 0. The zero-order valence-corrected chi connectivity index (χ0v) is 17.8. The van der Waals surface area contributed by atoms with Gasteiger partial charge in [-0.1, -0.05) is 70.2 Å². The molecule has 0 unspecified atom stereocenters. The summed E-state index contributed by atoms with van der Waals surface area (Å²) in [6.45, 7) is 8.86. The van der Waals surface area contributed by atoms with Crippen LogP contribution in [-0.2, 0) is 11.3 Å². The molecule has 0 saturated carbocycles. The Balaban J connectivity index is 2.12. The molecule has 2 aromatic rings. The van der Waals surface area contributed by atoms with Crippen molar-refractivity contribution in [2.24, 2.45) is 5.92 Å². The number of urea groups is 1. The minimum atomic E-state index is -0.505. The molecule has 6 heteroatoms. The van der Waals surface area contributed by atoms with Gasteiger partial charge in [-0.25, -0.2) is 9.78 Å². The smallest absolute Gasteiger partial charge is 0.318 e. The number of hydrogen-bond donors (Lipinski definition) is 1. The average molecular weight is 400 g/mol. The minimum Gasteiger partial charge on any atom is -0.328 e. The van der Waals surface area contributed by atoms with Crippen LogP contribution in [0.3, 0.4) is 0 Å². The first-order valence-electron chi connectivity index (χ1n) is 9.57. The van der Waals surface area contributed by atoms with Gasteiger partial charge in [-0.15, -0.1) is 11.3 Å². The van der Waals surface area contributed by atoms with Gasteiger partial charge >= 0.3 is 6.03 Å². The maximum absolute atomic E-state index is 12.8. The fourth-order valence-electron chi connectivity index (χ4n) is 2.55. The van der Waals surface area contributed by atoms with Gasteiger partial charge in [-0.2, -0.15) is 0 Å². The number of amides is 2. The van der Waals surface area contributed by atoms with Crippen molar-refractivity contribution in [1.82, 2.24) is 15.2 Å². The van der Waals surface area contributed by atoms with Crippen molar-refractivity contribution in [2.45, 2.75) is 46.2 Å². The summed E-state index contributed by atoms with van der Waals surface area (Å²) in [6, 6.07) is 9.18. The molecule has 0 bridgehead atoms. The van der Waals surface area contributed by atoms with Gasteiger partial charge in [0.15, 0.2) is 0 Å². The Morgan fingerprint density at radius 3 is 2.50 bits per heavy atom. The van der Waals surface area contributed by atoms with Crippen LogP contribution in [0.1, 0.15) is 49.9 Å². The number of benzene rings is 1. The van der Waals surface area contributed by atoms with E-state index in [0.717, 1.165) is 22.6 Å². The van der Waals surface area contributed by atoms with Gasteiger partial charge in [0, 0.05) is 17.8 Å². The van der Waals surface area contributed by atoms with Crippen LogP contribution in [0.4, 0.5) is 4.79 Å². The maximum atomic E-state index is 12.8. The van der Waals surface area contributed by atoms with Crippen molar-refractivity contribution in [1.29, 1.82) is 0 Å². The normalized spacial score (nSPS) is 12.5. The maximum Gasteiger partial charge on any atom is 0.318 e.